The molecule has 1 fully saturated rings. The van der Waals surface area contributed by atoms with Gasteiger partial charge in [0.15, 0.2) is 0 Å². The molecule has 1 saturated carbocycles. The van der Waals surface area contributed by atoms with Crippen LogP contribution in [0.4, 0.5) is 0 Å². The van der Waals surface area contributed by atoms with E-state index in [0.29, 0.717) is 17.4 Å². The summed E-state index contributed by atoms with van der Waals surface area (Å²) in [4.78, 5) is 23.4. The van der Waals surface area contributed by atoms with Crippen LogP contribution in [-0.4, -0.2) is 25.0 Å². The van der Waals surface area contributed by atoms with Crippen LogP contribution >= 0.6 is 11.6 Å². The largest absolute Gasteiger partial charge is 0.469 e. The van der Waals surface area contributed by atoms with Crippen LogP contribution in [-0.2, 0) is 20.7 Å². The molecule has 5 heteroatoms. The number of esters is 1. The average Bonchev–Trinajstić information content (AvgIpc) is 3.25. The lowest BCUT2D eigenvalue weighted by atomic mass is 10.1. The number of methoxy groups -OCH3 is 1. The summed E-state index contributed by atoms with van der Waals surface area (Å²) in [6.45, 7) is 0. The van der Waals surface area contributed by atoms with Gasteiger partial charge in [0.1, 0.15) is 0 Å². The molecule has 1 atom stereocenters. The predicted octanol–water partition coefficient (Wildman–Crippen LogP) is 2.34. The zero-order valence-corrected chi connectivity index (χ0v) is 12.2. The van der Waals surface area contributed by atoms with Crippen molar-refractivity contribution in [3.63, 3.8) is 0 Å². The van der Waals surface area contributed by atoms with Gasteiger partial charge in [0, 0.05) is 11.1 Å². The van der Waals surface area contributed by atoms with Crippen LogP contribution in [0, 0.1) is 5.92 Å². The SMILES string of the molecule is COC(=O)C[C@H](NC(=O)Cc1ccc(Cl)cc1)C1CC1. The van der Waals surface area contributed by atoms with Crippen molar-refractivity contribution in [1.29, 1.82) is 0 Å². The molecule has 0 bridgehead atoms. The Hall–Kier alpha value is -1.55. The lowest BCUT2D eigenvalue weighted by Gasteiger charge is -2.17. The van der Waals surface area contributed by atoms with E-state index in [1.807, 2.05) is 12.1 Å². The second kappa shape index (κ2) is 6.75. The standard InChI is InChI=1S/C15H18ClNO3/c1-20-15(19)9-13(11-4-5-11)17-14(18)8-10-2-6-12(16)7-3-10/h2-3,6-7,11,13H,4-5,8-9H2,1H3,(H,17,18)/t13-/m0/s1. The van der Waals surface area contributed by atoms with Crippen LogP contribution in [0.2, 0.25) is 5.02 Å². The molecule has 1 N–H and O–H groups in total. The number of hydrogen-bond donors (Lipinski definition) is 1. The highest BCUT2D eigenvalue weighted by Crippen LogP contribution is 2.34. The quantitative estimate of drug-likeness (QED) is 0.820. The minimum Gasteiger partial charge on any atom is -0.469 e. The van der Waals surface area contributed by atoms with Gasteiger partial charge in [-0.1, -0.05) is 23.7 Å². The third-order valence-corrected chi connectivity index (χ3v) is 3.68. The first-order valence-corrected chi connectivity index (χ1v) is 7.07. The average molecular weight is 296 g/mol. The van der Waals surface area contributed by atoms with Gasteiger partial charge in [-0.15, -0.1) is 0 Å². The second-order valence-electron chi connectivity index (χ2n) is 5.09. The van der Waals surface area contributed by atoms with E-state index in [9.17, 15) is 9.59 Å². The molecule has 0 radical (unpaired) electrons. The minimum absolute atomic E-state index is 0.0758. The van der Waals surface area contributed by atoms with Crippen molar-refractivity contribution in [2.45, 2.75) is 31.7 Å². The van der Waals surface area contributed by atoms with Gasteiger partial charge in [0.2, 0.25) is 5.91 Å². The normalized spacial score (nSPS) is 15.5. The molecule has 1 aromatic rings. The molecule has 0 heterocycles. The number of ether oxygens (including phenoxy) is 1. The van der Waals surface area contributed by atoms with Gasteiger partial charge < -0.3 is 10.1 Å². The molecule has 2 rings (SSSR count). The van der Waals surface area contributed by atoms with E-state index >= 15 is 0 Å². The van der Waals surface area contributed by atoms with E-state index in [1.165, 1.54) is 7.11 Å². The summed E-state index contributed by atoms with van der Waals surface area (Å²) in [6, 6.07) is 7.07. The van der Waals surface area contributed by atoms with Gasteiger partial charge in [-0.05, 0) is 36.5 Å². The molecule has 1 amide bonds. The Labute approximate surface area is 123 Å². The number of halogens is 1. The van der Waals surface area contributed by atoms with Crippen molar-refractivity contribution in [2.24, 2.45) is 5.92 Å². The highest BCUT2D eigenvalue weighted by molar-refractivity contribution is 6.30. The topological polar surface area (TPSA) is 55.4 Å². The number of nitrogens with one attached hydrogen (secondary N) is 1. The first-order valence-electron chi connectivity index (χ1n) is 6.69. The van der Waals surface area contributed by atoms with Crippen molar-refractivity contribution in [3.05, 3.63) is 34.9 Å². The summed E-state index contributed by atoms with van der Waals surface area (Å²) in [6.07, 6.45) is 2.65. The molecule has 108 valence electrons. The van der Waals surface area contributed by atoms with Gasteiger partial charge in [-0.2, -0.15) is 0 Å². The van der Waals surface area contributed by atoms with E-state index in [0.717, 1.165) is 18.4 Å². The fourth-order valence-corrected chi connectivity index (χ4v) is 2.27. The summed E-state index contributed by atoms with van der Waals surface area (Å²) in [5.41, 5.74) is 0.902. The third kappa shape index (κ3) is 4.53. The van der Waals surface area contributed by atoms with Crippen LogP contribution in [0.3, 0.4) is 0 Å². The lowest BCUT2D eigenvalue weighted by molar-refractivity contribution is -0.141. The van der Waals surface area contributed by atoms with Gasteiger partial charge in [-0.3, -0.25) is 9.59 Å². The number of benzene rings is 1. The molecule has 0 aliphatic heterocycles. The van der Waals surface area contributed by atoms with E-state index in [1.54, 1.807) is 12.1 Å². The Bertz CT molecular complexity index is 482. The highest BCUT2D eigenvalue weighted by Gasteiger charge is 2.33. The molecule has 0 saturated heterocycles. The number of carbonyl (C=O) groups is 2. The molecule has 1 aliphatic carbocycles. The van der Waals surface area contributed by atoms with Crippen LogP contribution in [0.15, 0.2) is 24.3 Å². The van der Waals surface area contributed by atoms with Crippen LogP contribution in [0.5, 0.6) is 0 Å². The summed E-state index contributed by atoms with van der Waals surface area (Å²) >= 11 is 5.80. The fraction of sp³-hybridized carbons (Fsp3) is 0.467. The van der Waals surface area contributed by atoms with E-state index in [2.05, 4.69) is 10.1 Å². The maximum absolute atomic E-state index is 12.0. The van der Waals surface area contributed by atoms with Gasteiger partial charge in [-0.25, -0.2) is 0 Å². The molecule has 0 spiro atoms. The smallest absolute Gasteiger partial charge is 0.307 e. The minimum atomic E-state index is -0.284. The van der Waals surface area contributed by atoms with E-state index in [-0.39, 0.29) is 24.3 Å². The Morgan fingerprint density at radius 3 is 2.55 bits per heavy atom. The molecule has 4 nitrogen and oxygen atoms in total. The molecule has 1 aliphatic rings. The third-order valence-electron chi connectivity index (χ3n) is 3.43. The summed E-state index contributed by atoms with van der Waals surface area (Å²) in [5.74, 6) is 0.0464. The first-order chi connectivity index (χ1) is 9.58. The number of hydrogen-bond acceptors (Lipinski definition) is 3. The Morgan fingerprint density at radius 2 is 2.00 bits per heavy atom. The summed E-state index contributed by atoms with van der Waals surface area (Å²) in [5, 5.41) is 3.58. The predicted molar refractivity (Wildman–Crippen MR) is 76.4 cm³/mol. The number of rotatable bonds is 6. The van der Waals surface area contributed by atoms with E-state index < -0.39 is 0 Å². The van der Waals surface area contributed by atoms with Crippen molar-refractivity contribution in [3.8, 4) is 0 Å². The van der Waals surface area contributed by atoms with Crippen molar-refractivity contribution >= 4 is 23.5 Å². The Kier molecular flexibility index (Phi) is 5.01. The Morgan fingerprint density at radius 1 is 1.35 bits per heavy atom. The van der Waals surface area contributed by atoms with Gasteiger partial charge in [0.25, 0.3) is 0 Å². The number of amides is 1. The lowest BCUT2D eigenvalue weighted by Crippen LogP contribution is -2.39. The van der Waals surface area contributed by atoms with Crippen molar-refractivity contribution in [2.75, 3.05) is 7.11 Å². The monoisotopic (exact) mass is 295 g/mol. The zero-order chi connectivity index (χ0) is 14.5. The number of carbonyl (C=O) groups excluding carboxylic acids is 2. The van der Waals surface area contributed by atoms with Crippen molar-refractivity contribution < 1.29 is 14.3 Å². The van der Waals surface area contributed by atoms with Gasteiger partial charge >= 0.3 is 5.97 Å². The molecule has 0 aromatic heterocycles. The zero-order valence-electron chi connectivity index (χ0n) is 11.4. The van der Waals surface area contributed by atoms with Crippen LogP contribution < -0.4 is 5.32 Å². The molecule has 20 heavy (non-hydrogen) atoms. The summed E-state index contributed by atoms with van der Waals surface area (Å²) in [7, 11) is 1.36. The van der Waals surface area contributed by atoms with Gasteiger partial charge in [0.05, 0.1) is 20.0 Å². The fourth-order valence-electron chi connectivity index (χ4n) is 2.14. The highest BCUT2D eigenvalue weighted by atomic mass is 35.5. The van der Waals surface area contributed by atoms with E-state index in [4.69, 9.17) is 11.6 Å². The molecule has 1 aromatic carbocycles. The summed E-state index contributed by atoms with van der Waals surface area (Å²) < 4.78 is 4.67. The van der Waals surface area contributed by atoms with Crippen LogP contribution in [0.1, 0.15) is 24.8 Å². The second-order valence-corrected chi connectivity index (χ2v) is 5.53. The van der Waals surface area contributed by atoms with Crippen LogP contribution in [0.25, 0.3) is 0 Å². The maximum Gasteiger partial charge on any atom is 0.307 e. The van der Waals surface area contributed by atoms with Crippen molar-refractivity contribution in [1.82, 2.24) is 5.32 Å². The first kappa shape index (κ1) is 14.9. The molecular formula is C15H18ClNO3. The Balaban J connectivity index is 1.88. The maximum atomic E-state index is 12.0. The molecule has 0 unspecified atom stereocenters. The molecular weight excluding hydrogens is 278 g/mol.